The summed E-state index contributed by atoms with van der Waals surface area (Å²) >= 11 is 6.18. The molecule has 0 radical (unpaired) electrons. The number of rotatable bonds is 11. The van der Waals surface area contributed by atoms with E-state index >= 15 is 0 Å². The third kappa shape index (κ3) is 6.44. The monoisotopic (exact) mass is 608 g/mol. The van der Waals surface area contributed by atoms with Crippen LogP contribution in [0.5, 0.6) is 11.5 Å². The molecule has 3 aromatic rings. The molecule has 2 N–H and O–H groups in total. The van der Waals surface area contributed by atoms with Crippen molar-refractivity contribution in [3.05, 3.63) is 76.1 Å². The van der Waals surface area contributed by atoms with Gasteiger partial charge < -0.3 is 24.6 Å². The first-order chi connectivity index (χ1) is 20.3. The van der Waals surface area contributed by atoms with Crippen LogP contribution in [0.4, 0.5) is 0 Å². The van der Waals surface area contributed by atoms with Gasteiger partial charge in [0.15, 0.2) is 0 Å². The van der Waals surface area contributed by atoms with Crippen molar-refractivity contribution in [2.75, 3.05) is 13.7 Å². The number of carboxylic acids is 1. The Morgan fingerprint density at radius 2 is 1.77 bits per heavy atom. The van der Waals surface area contributed by atoms with Gasteiger partial charge in [-0.25, -0.2) is 9.59 Å². The van der Waals surface area contributed by atoms with E-state index < -0.39 is 22.8 Å². The Morgan fingerprint density at radius 3 is 2.40 bits per heavy atom. The first kappa shape index (κ1) is 31.4. The number of aromatic carboxylic acids is 1. The van der Waals surface area contributed by atoms with Crippen LogP contribution in [0.1, 0.15) is 70.9 Å². The molecule has 4 rings (SSSR count). The van der Waals surface area contributed by atoms with Crippen molar-refractivity contribution in [2.45, 2.75) is 52.8 Å². The standard InChI is InChI=1S/C31H33ClN4O7/c1-30(2)28(31(3,4)29(30)43-20-8-7-18(17-33)23(32)16-20)34-25(37)24-11-13-36(35-24)12-6-14-42-19-9-10-21(26(38)39)22(15-19)27(40)41-5/h7-11,13,15-16,28-29H,6,12,14H2,1-5H3,(H,34,37)(H,38,39). The lowest BCUT2D eigenvalue weighted by atomic mass is 9.49. The Bertz CT molecular complexity index is 1570. The second-order valence-corrected chi connectivity index (χ2v) is 11.9. The number of benzene rings is 2. The van der Waals surface area contributed by atoms with Gasteiger partial charge in [-0.15, -0.1) is 0 Å². The van der Waals surface area contributed by atoms with Crippen LogP contribution in [0.15, 0.2) is 48.7 Å². The van der Waals surface area contributed by atoms with Gasteiger partial charge in [0.2, 0.25) is 0 Å². The van der Waals surface area contributed by atoms with Gasteiger partial charge in [-0.1, -0.05) is 39.3 Å². The number of nitriles is 1. The molecule has 43 heavy (non-hydrogen) atoms. The molecule has 0 atom stereocenters. The van der Waals surface area contributed by atoms with Gasteiger partial charge in [-0.05, 0) is 36.4 Å². The lowest BCUT2D eigenvalue weighted by molar-refractivity contribution is -0.164. The molecular weight excluding hydrogens is 576 g/mol. The van der Waals surface area contributed by atoms with Crippen LogP contribution in [-0.2, 0) is 11.3 Å². The molecule has 1 amide bonds. The van der Waals surface area contributed by atoms with Crippen LogP contribution in [0.25, 0.3) is 0 Å². The topological polar surface area (TPSA) is 153 Å². The summed E-state index contributed by atoms with van der Waals surface area (Å²) in [6.45, 7) is 8.85. The number of carboxylic acid groups (broad SMARTS) is 1. The SMILES string of the molecule is COC(=O)c1cc(OCCCn2ccc(C(=O)NC3C(C)(C)C(Oc4ccc(C#N)c(Cl)c4)C3(C)C)n2)ccc1C(=O)O. The number of hydrogen-bond donors (Lipinski definition) is 2. The van der Waals surface area contributed by atoms with Gasteiger partial charge in [0.1, 0.15) is 29.4 Å². The van der Waals surface area contributed by atoms with Crippen molar-refractivity contribution in [3.8, 4) is 17.6 Å². The van der Waals surface area contributed by atoms with Crippen LogP contribution >= 0.6 is 11.6 Å². The zero-order valence-electron chi connectivity index (χ0n) is 24.5. The Hall–Kier alpha value is -4.56. The lowest BCUT2D eigenvalue weighted by Crippen LogP contribution is -2.74. The van der Waals surface area contributed by atoms with Gasteiger partial charge >= 0.3 is 11.9 Å². The number of aromatic nitrogens is 2. The Balaban J connectivity index is 1.31. The number of carbonyl (C=O) groups excluding carboxylic acids is 2. The van der Waals surface area contributed by atoms with Crippen molar-refractivity contribution in [1.82, 2.24) is 15.1 Å². The fraction of sp³-hybridized carbons (Fsp3) is 0.387. The van der Waals surface area contributed by atoms with E-state index in [1.54, 1.807) is 35.1 Å². The van der Waals surface area contributed by atoms with E-state index in [0.717, 1.165) is 0 Å². The predicted molar refractivity (Wildman–Crippen MR) is 156 cm³/mol. The molecular formula is C31H33ClN4O7. The van der Waals surface area contributed by atoms with Crippen molar-refractivity contribution in [3.63, 3.8) is 0 Å². The van der Waals surface area contributed by atoms with Gasteiger partial charge in [0.25, 0.3) is 5.91 Å². The third-order valence-electron chi connectivity index (χ3n) is 7.73. The van der Waals surface area contributed by atoms with Crippen LogP contribution in [0, 0.1) is 22.2 Å². The number of methoxy groups -OCH3 is 1. The fourth-order valence-electron chi connectivity index (χ4n) is 5.90. The highest BCUT2D eigenvalue weighted by Gasteiger charge is 2.64. The number of amides is 1. The van der Waals surface area contributed by atoms with Crippen molar-refractivity contribution in [1.29, 1.82) is 5.26 Å². The molecule has 226 valence electrons. The minimum Gasteiger partial charge on any atom is -0.494 e. The number of halogens is 1. The molecule has 0 bridgehead atoms. The minimum absolute atomic E-state index is 0.0930. The highest BCUT2D eigenvalue weighted by Crippen LogP contribution is 2.55. The van der Waals surface area contributed by atoms with Crippen LogP contribution < -0.4 is 14.8 Å². The smallest absolute Gasteiger partial charge is 0.338 e. The minimum atomic E-state index is -1.24. The quantitative estimate of drug-likeness (QED) is 0.227. The zero-order valence-corrected chi connectivity index (χ0v) is 25.3. The normalized spacial score (nSPS) is 18.1. The molecule has 1 heterocycles. The molecule has 1 aromatic heterocycles. The number of ether oxygens (including phenoxy) is 3. The number of carbonyl (C=O) groups is 3. The summed E-state index contributed by atoms with van der Waals surface area (Å²) in [5.74, 6) is -1.41. The molecule has 0 unspecified atom stereocenters. The summed E-state index contributed by atoms with van der Waals surface area (Å²) < 4.78 is 18.3. The Kier molecular flexibility index (Phi) is 9.01. The first-order valence-electron chi connectivity index (χ1n) is 13.6. The van der Waals surface area contributed by atoms with Gasteiger partial charge in [0, 0.05) is 42.1 Å². The molecule has 0 saturated heterocycles. The fourth-order valence-corrected chi connectivity index (χ4v) is 6.12. The van der Waals surface area contributed by atoms with E-state index in [2.05, 4.69) is 15.2 Å². The zero-order chi connectivity index (χ0) is 31.5. The third-order valence-corrected chi connectivity index (χ3v) is 8.04. The van der Waals surface area contributed by atoms with E-state index in [9.17, 15) is 19.5 Å². The van der Waals surface area contributed by atoms with Gasteiger partial charge in [-0.2, -0.15) is 10.4 Å². The summed E-state index contributed by atoms with van der Waals surface area (Å²) in [7, 11) is 1.18. The molecule has 1 fully saturated rings. The molecule has 1 aliphatic rings. The van der Waals surface area contributed by atoms with Crippen LogP contribution in [0.3, 0.4) is 0 Å². The Morgan fingerprint density at radius 1 is 1.07 bits per heavy atom. The summed E-state index contributed by atoms with van der Waals surface area (Å²) in [4.78, 5) is 36.4. The van der Waals surface area contributed by atoms with Gasteiger partial charge in [-0.3, -0.25) is 9.48 Å². The van der Waals surface area contributed by atoms with Crippen molar-refractivity contribution < 1.29 is 33.7 Å². The molecule has 12 heteroatoms. The number of nitrogens with zero attached hydrogens (tertiary/aromatic N) is 3. The second-order valence-electron chi connectivity index (χ2n) is 11.5. The summed E-state index contributed by atoms with van der Waals surface area (Å²) in [6.07, 6.45) is 2.03. The molecule has 1 saturated carbocycles. The maximum absolute atomic E-state index is 13.1. The lowest BCUT2D eigenvalue weighted by Gasteiger charge is -2.63. The van der Waals surface area contributed by atoms with Crippen LogP contribution in [-0.4, -0.2) is 58.6 Å². The average molecular weight is 609 g/mol. The van der Waals surface area contributed by atoms with Crippen molar-refractivity contribution in [2.24, 2.45) is 10.8 Å². The Labute approximate surface area is 254 Å². The maximum atomic E-state index is 13.1. The second kappa shape index (κ2) is 12.4. The highest BCUT2D eigenvalue weighted by atomic mass is 35.5. The average Bonchev–Trinajstić information content (AvgIpc) is 3.45. The van der Waals surface area contributed by atoms with Gasteiger partial charge in [0.05, 0.1) is 35.4 Å². The molecule has 1 aliphatic carbocycles. The molecule has 2 aromatic carbocycles. The highest BCUT2D eigenvalue weighted by molar-refractivity contribution is 6.31. The summed E-state index contributed by atoms with van der Waals surface area (Å²) in [6, 6.07) is 12.6. The van der Waals surface area contributed by atoms with E-state index in [-0.39, 0.29) is 41.5 Å². The number of nitrogens with one attached hydrogen (secondary N) is 1. The first-order valence-corrected chi connectivity index (χ1v) is 14.0. The number of esters is 1. The summed E-state index contributed by atoms with van der Waals surface area (Å²) in [5.41, 5.74) is -0.423. The molecule has 11 nitrogen and oxygen atoms in total. The van der Waals surface area contributed by atoms with Crippen LogP contribution in [0.2, 0.25) is 5.02 Å². The largest absolute Gasteiger partial charge is 0.494 e. The van der Waals surface area contributed by atoms with E-state index in [1.807, 2.05) is 33.8 Å². The predicted octanol–water partition coefficient (Wildman–Crippen LogP) is 4.97. The number of hydrogen-bond acceptors (Lipinski definition) is 8. The van der Waals surface area contributed by atoms with E-state index in [0.29, 0.717) is 35.1 Å². The molecule has 0 aliphatic heterocycles. The number of aryl methyl sites for hydroxylation is 1. The van der Waals surface area contributed by atoms with Crippen molar-refractivity contribution >= 4 is 29.4 Å². The van der Waals surface area contributed by atoms with E-state index in [4.69, 9.17) is 26.3 Å². The summed E-state index contributed by atoms with van der Waals surface area (Å²) in [5, 5.41) is 26.3. The maximum Gasteiger partial charge on any atom is 0.338 e. The van der Waals surface area contributed by atoms with E-state index in [1.165, 1.54) is 25.3 Å². The molecule has 0 spiro atoms.